The summed E-state index contributed by atoms with van der Waals surface area (Å²) in [5.41, 5.74) is 5.68. The van der Waals surface area contributed by atoms with E-state index in [1.54, 1.807) is 0 Å². The number of unbranched alkanes of at least 4 members (excludes halogenated alkanes) is 1. The van der Waals surface area contributed by atoms with Gasteiger partial charge in [-0.1, -0.05) is 13.3 Å². The van der Waals surface area contributed by atoms with E-state index >= 15 is 0 Å². The Balaban J connectivity index is 0.00000441. The van der Waals surface area contributed by atoms with E-state index < -0.39 is 0 Å². The molecule has 1 saturated heterocycles. The highest BCUT2D eigenvalue weighted by Gasteiger charge is 2.28. The molecule has 2 N–H and O–H groups in total. The highest BCUT2D eigenvalue weighted by molar-refractivity contribution is 5.85. The molecule has 1 atom stereocenters. The monoisotopic (exact) mass is 333 g/mol. The summed E-state index contributed by atoms with van der Waals surface area (Å²) in [7, 11) is 1.89. The van der Waals surface area contributed by atoms with Gasteiger partial charge in [0.15, 0.2) is 0 Å². The SMILES string of the molecule is CCCCN(C)C(=O)C1CCN(C(=O)CCC(C)N)CC1.Cl. The van der Waals surface area contributed by atoms with Crippen LogP contribution < -0.4 is 5.73 Å². The van der Waals surface area contributed by atoms with Crippen LogP contribution in [-0.2, 0) is 9.59 Å². The number of likely N-dealkylation sites (tertiary alicyclic amines) is 1. The molecule has 1 heterocycles. The van der Waals surface area contributed by atoms with Gasteiger partial charge < -0.3 is 15.5 Å². The molecular formula is C16H32ClN3O2. The van der Waals surface area contributed by atoms with Crippen molar-refractivity contribution in [2.75, 3.05) is 26.7 Å². The first kappa shape index (κ1) is 21.2. The number of nitrogens with two attached hydrogens (primary N) is 1. The minimum Gasteiger partial charge on any atom is -0.346 e. The summed E-state index contributed by atoms with van der Waals surface area (Å²) in [5.74, 6) is 0.507. The summed E-state index contributed by atoms with van der Waals surface area (Å²) in [5, 5.41) is 0. The Bertz CT molecular complexity index is 342. The lowest BCUT2D eigenvalue weighted by Crippen LogP contribution is -2.43. The maximum atomic E-state index is 12.3. The van der Waals surface area contributed by atoms with E-state index in [-0.39, 0.29) is 36.2 Å². The molecule has 0 aliphatic carbocycles. The fourth-order valence-electron chi connectivity index (χ4n) is 2.70. The van der Waals surface area contributed by atoms with Gasteiger partial charge in [-0.05, 0) is 32.6 Å². The van der Waals surface area contributed by atoms with Crippen LogP contribution in [0.4, 0.5) is 0 Å². The highest BCUT2D eigenvalue weighted by Crippen LogP contribution is 2.20. The Kier molecular flexibility index (Phi) is 10.4. The quantitative estimate of drug-likeness (QED) is 0.775. The number of rotatable bonds is 7. The average molecular weight is 334 g/mol. The molecule has 0 radical (unpaired) electrons. The van der Waals surface area contributed by atoms with E-state index in [1.807, 2.05) is 23.8 Å². The number of carbonyl (C=O) groups excluding carboxylic acids is 2. The Morgan fingerprint density at radius 2 is 1.91 bits per heavy atom. The molecule has 1 unspecified atom stereocenters. The van der Waals surface area contributed by atoms with Gasteiger partial charge in [-0.25, -0.2) is 0 Å². The van der Waals surface area contributed by atoms with Crippen molar-refractivity contribution in [1.29, 1.82) is 0 Å². The first-order valence-corrected chi connectivity index (χ1v) is 8.24. The number of carbonyl (C=O) groups is 2. The highest BCUT2D eigenvalue weighted by atomic mass is 35.5. The van der Waals surface area contributed by atoms with E-state index in [9.17, 15) is 9.59 Å². The standard InChI is InChI=1S/C16H31N3O2.ClH/c1-4-5-10-18(3)16(21)14-8-11-19(12-9-14)15(20)7-6-13(2)17;/h13-14H,4-12,17H2,1-3H3;1H. The first-order valence-electron chi connectivity index (χ1n) is 8.24. The predicted molar refractivity (Wildman–Crippen MR) is 92.0 cm³/mol. The normalized spacial score (nSPS) is 16.8. The van der Waals surface area contributed by atoms with Gasteiger partial charge in [0.1, 0.15) is 0 Å². The molecule has 0 aromatic carbocycles. The van der Waals surface area contributed by atoms with E-state index in [4.69, 9.17) is 5.73 Å². The van der Waals surface area contributed by atoms with Crippen LogP contribution in [-0.4, -0.2) is 54.3 Å². The van der Waals surface area contributed by atoms with Gasteiger partial charge in [0.05, 0.1) is 0 Å². The molecule has 22 heavy (non-hydrogen) atoms. The Morgan fingerprint density at radius 1 is 1.32 bits per heavy atom. The van der Waals surface area contributed by atoms with Gasteiger partial charge in [0.25, 0.3) is 0 Å². The minimum absolute atomic E-state index is 0. The number of piperidine rings is 1. The molecule has 0 spiro atoms. The van der Waals surface area contributed by atoms with Crippen LogP contribution in [0, 0.1) is 5.92 Å². The van der Waals surface area contributed by atoms with E-state index in [0.29, 0.717) is 19.5 Å². The summed E-state index contributed by atoms with van der Waals surface area (Å²) >= 11 is 0. The molecule has 0 bridgehead atoms. The van der Waals surface area contributed by atoms with Crippen molar-refractivity contribution in [3.63, 3.8) is 0 Å². The smallest absolute Gasteiger partial charge is 0.225 e. The van der Waals surface area contributed by atoms with Crippen LogP contribution in [0.25, 0.3) is 0 Å². The zero-order valence-electron chi connectivity index (χ0n) is 14.2. The maximum Gasteiger partial charge on any atom is 0.225 e. The largest absolute Gasteiger partial charge is 0.346 e. The van der Waals surface area contributed by atoms with Gasteiger partial charge in [-0.15, -0.1) is 12.4 Å². The summed E-state index contributed by atoms with van der Waals surface area (Å²) in [6.07, 6.45) is 4.99. The maximum absolute atomic E-state index is 12.3. The number of nitrogens with zero attached hydrogens (tertiary/aromatic N) is 2. The molecular weight excluding hydrogens is 302 g/mol. The van der Waals surface area contributed by atoms with Gasteiger partial charge >= 0.3 is 0 Å². The van der Waals surface area contributed by atoms with Crippen molar-refractivity contribution in [3.05, 3.63) is 0 Å². The second kappa shape index (κ2) is 10.8. The average Bonchev–Trinajstić information content (AvgIpc) is 2.49. The van der Waals surface area contributed by atoms with Gasteiger partial charge in [-0.3, -0.25) is 9.59 Å². The molecule has 1 rings (SSSR count). The Morgan fingerprint density at radius 3 is 2.41 bits per heavy atom. The number of amides is 2. The van der Waals surface area contributed by atoms with E-state index in [1.165, 1.54) is 0 Å². The molecule has 6 heteroatoms. The van der Waals surface area contributed by atoms with Crippen LogP contribution in [0.3, 0.4) is 0 Å². The lowest BCUT2D eigenvalue weighted by atomic mass is 9.95. The molecule has 0 aromatic heterocycles. The third-order valence-electron chi connectivity index (χ3n) is 4.23. The van der Waals surface area contributed by atoms with Crippen molar-refractivity contribution in [3.8, 4) is 0 Å². The summed E-state index contributed by atoms with van der Waals surface area (Å²) < 4.78 is 0. The van der Waals surface area contributed by atoms with Crippen molar-refractivity contribution in [2.45, 2.75) is 58.4 Å². The fraction of sp³-hybridized carbons (Fsp3) is 0.875. The van der Waals surface area contributed by atoms with E-state index in [0.717, 1.165) is 38.6 Å². The van der Waals surface area contributed by atoms with Crippen LogP contribution in [0.2, 0.25) is 0 Å². The van der Waals surface area contributed by atoms with Crippen LogP contribution >= 0.6 is 12.4 Å². The molecule has 130 valence electrons. The first-order chi connectivity index (χ1) is 9.95. The van der Waals surface area contributed by atoms with Crippen molar-refractivity contribution >= 4 is 24.2 Å². The number of hydrogen-bond acceptors (Lipinski definition) is 3. The van der Waals surface area contributed by atoms with E-state index in [2.05, 4.69) is 6.92 Å². The molecule has 0 aromatic rings. The van der Waals surface area contributed by atoms with Crippen molar-refractivity contribution in [1.82, 2.24) is 9.80 Å². The summed E-state index contributed by atoms with van der Waals surface area (Å²) in [6, 6.07) is 0.0697. The van der Waals surface area contributed by atoms with Gasteiger partial charge in [0.2, 0.25) is 11.8 Å². The Hall–Kier alpha value is -0.810. The third-order valence-corrected chi connectivity index (χ3v) is 4.23. The third kappa shape index (κ3) is 6.97. The summed E-state index contributed by atoms with van der Waals surface area (Å²) in [4.78, 5) is 28.1. The van der Waals surface area contributed by atoms with Crippen molar-refractivity contribution < 1.29 is 9.59 Å². The van der Waals surface area contributed by atoms with Crippen LogP contribution in [0.15, 0.2) is 0 Å². The Labute approximate surface area is 141 Å². The zero-order chi connectivity index (χ0) is 15.8. The summed E-state index contributed by atoms with van der Waals surface area (Å²) in [6.45, 7) is 6.30. The minimum atomic E-state index is 0. The van der Waals surface area contributed by atoms with Crippen molar-refractivity contribution in [2.24, 2.45) is 11.7 Å². The molecule has 2 amide bonds. The molecule has 5 nitrogen and oxygen atoms in total. The predicted octanol–water partition coefficient (Wildman–Crippen LogP) is 2.03. The number of halogens is 1. The lowest BCUT2D eigenvalue weighted by molar-refractivity contribution is -0.140. The fourth-order valence-corrected chi connectivity index (χ4v) is 2.70. The number of hydrogen-bond donors (Lipinski definition) is 1. The van der Waals surface area contributed by atoms with Gasteiger partial charge in [-0.2, -0.15) is 0 Å². The molecule has 0 saturated carbocycles. The lowest BCUT2D eigenvalue weighted by Gasteiger charge is -2.33. The van der Waals surface area contributed by atoms with Crippen LogP contribution in [0.1, 0.15) is 52.4 Å². The second-order valence-electron chi connectivity index (χ2n) is 6.28. The van der Waals surface area contributed by atoms with Crippen LogP contribution in [0.5, 0.6) is 0 Å². The molecule has 1 aliphatic rings. The molecule has 1 aliphatic heterocycles. The topological polar surface area (TPSA) is 66.6 Å². The zero-order valence-corrected chi connectivity index (χ0v) is 15.0. The molecule has 1 fully saturated rings. The van der Waals surface area contributed by atoms with Gasteiger partial charge in [0, 0.05) is 45.1 Å². The second-order valence-corrected chi connectivity index (χ2v) is 6.28.